The summed E-state index contributed by atoms with van der Waals surface area (Å²) < 4.78 is 10.8. The number of hydrogen-bond acceptors (Lipinski definition) is 4. The maximum atomic E-state index is 12.0. The Balaban J connectivity index is 1.62. The molecule has 0 aromatic heterocycles. The number of primary amides is 1. The van der Waals surface area contributed by atoms with E-state index in [9.17, 15) is 9.59 Å². The van der Waals surface area contributed by atoms with Gasteiger partial charge in [0.25, 0.3) is 0 Å². The van der Waals surface area contributed by atoms with Crippen molar-refractivity contribution in [2.75, 3.05) is 32.9 Å². The smallest absolute Gasteiger partial charge is 0.248 e. The number of carbonyl (C=O) groups is 2. The first kappa shape index (κ1) is 16.3. The van der Waals surface area contributed by atoms with E-state index in [1.807, 2.05) is 30.3 Å². The van der Waals surface area contributed by atoms with E-state index in [2.05, 4.69) is 0 Å². The lowest BCUT2D eigenvalue weighted by Gasteiger charge is -2.31. The second-order valence-electron chi connectivity index (χ2n) is 5.30. The molecular weight excluding hydrogens is 284 g/mol. The van der Waals surface area contributed by atoms with E-state index < -0.39 is 0 Å². The predicted octanol–water partition coefficient (Wildman–Crippen LogP) is 0.806. The van der Waals surface area contributed by atoms with Gasteiger partial charge >= 0.3 is 0 Å². The van der Waals surface area contributed by atoms with E-state index in [0.717, 1.165) is 18.6 Å². The van der Waals surface area contributed by atoms with Crippen LogP contribution in [0.2, 0.25) is 0 Å². The number of piperidine rings is 1. The Morgan fingerprint density at radius 1 is 1.23 bits per heavy atom. The highest BCUT2D eigenvalue weighted by Gasteiger charge is 2.26. The molecule has 0 saturated carbocycles. The van der Waals surface area contributed by atoms with Crippen LogP contribution in [-0.4, -0.2) is 49.6 Å². The molecule has 120 valence electrons. The monoisotopic (exact) mass is 306 g/mol. The van der Waals surface area contributed by atoms with Gasteiger partial charge < -0.3 is 20.1 Å². The number of benzene rings is 1. The summed E-state index contributed by atoms with van der Waals surface area (Å²) in [5.74, 6) is 0.0946. The molecular formula is C16H22N2O4. The molecule has 1 fully saturated rings. The van der Waals surface area contributed by atoms with Gasteiger partial charge in [0.2, 0.25) is 11.8 Å². The zero-order valence-electron chi connectivity index (χ0n) is 12.6. The van der Waals surface area contributed by atoms with Crippen LogP contribution in [-0.2, 0) is 14.3 Å². The number of hydrogen-bond donors (Lipinski definition) is 1. The fourth-order valence-electron chi connectivity index (χ4n) is 2.42. The molecule has 2 rings (SSSR count). The molecule has 22 heavy (non-hydrogen) atoms. The van der Waals surface area contributed by atoms with Crippen molar-refractivity contribution in [3.63, 3.8) is 0 Å². The number of nitrogens with zero attached hydrogens (tertiary/aromatic N) is 1. The van der Waals surface area contributed by atoms with Crippen LogP contribution in [0.15, 0.2) is 30.3 Å². The Labute approximate surface area is 130 Å². The topological polar surface area (TPSA) is 81.9 Å². The van der Waals surface area contributed by atoms with E-state index >= 15 is 0 Å². The van der Waals surface area contributed by atoms with E-state index in [0.29, 0.717) is 26.3 Å². The van der Waals surface area contributed by atoms with Crippen molar-refractivity contribution in [1.29, 1.82) is 0 Å². The molecule has 0 unspecified atom stereocenters. The highest BCUT2D eigenvalue weighted by molar-refractivity contribution is 5.80. The number of ether oxygens (including phenoxy) is 2. The van der Waals surface area contributed by atoms with Gasteiger partial charge in [-0.1, -0.05) is 18.2 Å². The zero-order valence-corrected chi connectivity index (χ0v) is 12.6. The van der Waals surface area contributed by atoms with Crippen LogP contribution in [0.1, 0.15) is 12.8 Å². The summed E-state index contributed by atoms with van der Waals surface area (Å²) in [7, 11) is 0. The lowest BCUT2D eigenvalue weighted by Crippen LogP contribution is -2.45. The highest BCUT2D eigenvalue weighted by atomic mass is 16.5. The fourth-order valence-corrected chi connectivity index (χ4v) is 2.42. The zero-order chi connectivity index (χ0) is 15.8. The first-order valence-corrected chi connectivity index (χ1v) is 7.49. The second-order valence-corrected chi connectivity index (χ2v) is 5.30. The molecule has 1 heterocycles. The Morgan fingerprint density at radius 2 is 2.00 bits per heavy atom. The van der Waals surface area contributed by atoms with E-state index in [1.54, 1.807) is 4.90 Å². The van der Waals surface area contributed by atoms with E-state index in [1.165, 1.54) is 0 Å². The van der Waals surface area contributed by atoms with Gasteiger partial charge in [0.05, 0.1) is 12.5 Å². The quantitative estimate of drug-likeness (QED) is 0.756. The number of likely N-dealkylation sites (tertiary alicyclic amines) is 1. The number of amides is 2. The van der Waals surface area contributed by atoms with Gasteiger partial charge in [0.15, 0.2) is 0 Å². The van der Waals surface area contributed by atoms with Crippen LogP contribution < -0.4 is 10.5 Å². The molecule has 2 N–H and O–H groups in total. The van der Waals surface area contributed by atoms with Crippen molar-refractivity contribution in [3.8, 4) is 5.75 Å². The maximum absolute atomic E-state index is 12.0. The lowest BCUT2D eigenvalue weighted by molar-refractivity contribution is -0.139. The molecule has 1 atom stereocenters. The largest absolute Gasteiger partial charge is 0.491 e. The summed E-state index contributed by atoms with van der Waals surface area (Å²) >= 11 is 0. The van der Waals surface area contributed by atoms with Gasteiger partial charge in [0.1, 0.15) is 19.0 Å². The van der Waals surface area contributed by atoms with Crippen molar-refractivity contribution in [3.05, 3.63) is 30.3 Å². The van der Waals surface area contributed by atoms with Crippen LogP contribution in [0.25, 0.3) is 0 Å². The molecule has 1 aliphatic heterocycles. The summed E-state index contributed by atoms with van der Waals surface area (Å²) in [4.78, 5) is 24.9. The molecule has 6 nitrogen and oxygen atoms in total. The Morgan fingerprint density at radius 3 is 2.73 bits per heavy atom. The minimum absolute atomic E-state index is 0.00360. The third kappa shape index (κ3) is 5.04. The Bertz CT molecular complexity index is 492. The van der Waals surface area contributed by atoms with Crippen molar-refractivity contribution >= 4 is 11.8 Å². The van der Waals surface area contributed by atoms with Gasteiger partial charge in [-0.25, -0.2) is 0 Å². The predicted molar refractivity (Wildman–Crippen MR) is 81.3 cm³/mol. The van der Waals surface area contributed by atoms with E-state index in [4.69, 9.17) is 15.2 Å². The highest BCUT2D eigenvalue weighted by Crippen LogP contribution is 2.16. The number of nitrogens with two attached hydrogens (primary N) is 1. The molecule has 1 aliphatic rings. The van der Waals surface area contributed by atoms with Crippen molar-refractivity contribution in [2.24, 2.45) is 11.7 Å². The van der Waals surface area contributed by atoms with Crippen molar-refractivity contribution in [1.82, 2.24) is 4.90 Å². The van der Waals surface area contributed by atoms with Crippen LogP contribution >= 0.6 is 0 Å². The molecule has 1 aromatic rings. The molecule has 0 spiro atoms. The Kier molecular flexibility index (Phi) is 6.21. The standard InChI is InChI=1S/C16H22N2O4/c17-16(20)13-5-4-8-18(11-13)15(19)12-21-9-10-22-14-6-2-1-3-7-14/h1-3,6-7,13H,4-5,8-12H2,(H2,17,20)/t13-/m1/s1. The molecule has 1 saturated heterocycles. The van der Waals surface area contributed by atoms with Gasteiger partial charge in [-0.2, -0.15) is 0 Å². The third-order valence-corrected chi connectivity index (χ3v) is 3.64. The summed E-state index contributed by atoms with van der Waals surface area (Å²) in [6.07, 6.45) is 1.56. The average molecular weight is 306 g/mol. The maximum Gasteiger partial charge on any atom is 0.248 e. The lowest BCUT2D eigenvalue weighted by atomic mass is 9.97. The minimum atomic E-state index is -0.338. The van der Waals surface area contributed by atoms with Gasteiger partial charge in [-0.05, 0) is 25.0 Å². The molecule has 6 heteroatoms. The van der Waals surface area contributed by atoms with Crippen LogP contribution in [0, 0.1) is 5.92 Å². The minimum Gasteiger partial charge on any atom is -0.491 e. The molecule has 0 aliphatic carbocycles. The van der Waals surface area contributed by atoms with E-state index in [-0.39, 0.29) is 24.3 Å². The Hall–Kier alpha value is -2.08. The summed E-state index contributed by atoms with van der Waals surface area (Å²) in [6.45, 7) is 1.79. The SMILES string of the molecule is NC(=O)[C@@H]1CCCN(C(=O)COCCOc2ccccc2)C1. The van der Waals surface area contributed by atoms with Gasteiger partial charge in [-0.3, -0.25) is 9.59 Å². The van der Waals surface area contributed by atoms with Crippen molar-refractivity contribution in [2.45, 2.75) is 12.8 Å². The van der Waals surface area contributed by atoms with Gasteiger partial charge in [0, 0.05) is 13.1 Å². The van der Waals surface area contributed by atoms with Crippen molar-refractivity contribution < 1.29 is 19.1 Å². The third-order valence-electron chi connectivity index (χ3n) is 3.64. The number of carbonyl (C=O) groups excluding carboxylic acids is 2. The first-order valence-electron chi connectivity index (χ1n) is 7.49. The molecule has 1 aromatic carbocycles. The summed E-state index contributed by atoms with van der Waals surface area (Å²) in [6, 6.07) is 9.43. The number of para-hydroxylation sites is 1. The van der Waals surface area contributed by atoms with Crippen LogP contribution in [0.5, 0.6) is 5.75 Å². The van der Waals surface area contributed by atoms with Crippen LogP contribution in [0.4, 0.5) is 0 Å². The van der Waals surface area contributed by atoms with Crippen LogP contribution in [0.3, 0.4) is 0 Å². The number of rotatable bonds is 7. The molecule has 0 radical (unpaired) electrons. The first-order chi connectivity index (χ1) is 10.7. The normalized spacial score (nSPS) is 18.0. The molecule has 0 bridgehead atoms. The van der Waals surface area contributed by atoms with Gasteiger partial charge in [-0.15, -0.1) is 0 Å². The summed E-state index contributed by atoms with van der Waals surface area (Å²) in [5, 5.41) is 0. The average Bonchev–Trinajstić information content (AvgIpc) is 2.55. The fraction of sp³-hybridized carbons (Fsp3) is 0.500. The summed E-state index contributed by atoms with van der Waals surface area (Å²) in [5.41, 5.74) is 5.30. The second kappa shape index (κ2) is 8.38. The molecule has 2 amide bonds.